The third-order valence-corrected chi connectivity index (χ3v) is 3.28. The molecule has 0 bridgehead atoms. The van der Waals surface area contributed by atoms with Crippen molar-refractivity contribution in [1.29, 1.82) is 0 Å². The van der Waals surface area contributed by atoms with Gasteiger partial charge in [-0.3, -0.25) is 4.79 Å². The lowest BCUT2D eigenvalue weighted by atomic mass is 10.1. The average molecular weight is 286 g/mol. The Morgan fingerprint density at radius 3 is 2.53 bits per heavy atom. The zero-order valence-corrected chi connectivity index (χ0v) is 11.0. The van der Waals surface area contributed by atoms with Crippen LogP contribution in [0.15, 0.2) is 18.2 Å². The second-order valence-electron chi connectivity index (χ2n) is 4.62. The summed E-state index contributed by atoms with van der Waals surface area (Å²) in [7, 11) is 0. The van der Waals surface area contributed by atoms with Crippen LogP contribution in [0.4, 0.5) is 4.39 Å². The van der Waals surface area contributed by atoms with Crippen LogP contribution in [0.1, 0.15) is 30.1 Å². The number of hydrogen-bond acceptors (Lipinski definition) is 2. The first-order valence-corrected chi connectivity index (χ1v) is 6.29. The third kappa shape index (κ3) is 3.04. The second-order valence-corrected chi connectivity index (χ2v) is 5.05. The Bertz CT molecular complexity index is 510. The summed E-state index contributed by atoms with van der Waals surface area (Å²) in [6.07, 6.45) is 1.54. The van der Waals surface area contributed by atoms with Gasteiger partial charge in [0, 0.05) is 16.6 Å². The Balaban J connectivity index is 2.31. The number of hydrogen-bond donors (Lipinski definition) is 1. The molecule has 1 atom stereocenters. The predicted octanol–water partition coefficient (Wildman–Crippen LogP) is 2.56. The first-order valence-electron chi connectivity index (χ1n) is 5.91. The monoisotopic (exact) mass is 285 g/mol. The van der Waals surface area contributed by atoms with Gasteiger partial charge < -0.3 is 10.0 Å². The highest BCUT2D eigenvalue weighted by Gasteiger charge is 2.38. The minimum atomic E-state index is -1.08. The Morgan fingerprint density at radius 2 is 2.05 bits per heavy atom. The van der Waals surface area contributed by atoms with E-state index in [2.05, 4.69) is 0 Å². The van der Waals surface area contributed by atoms with Gasteiger partial charge in [-0.1, -0.05) is 11.6 Å². The Labute approximate surface area is 114 Å². The molecule has 1 amide bonds. The minimum Gasteiger partial charge on any atom is -0.480 e. The number of carbonyl (C=O) groups excluding carboxylic acids is 1. The molecule has 0 radical (unpaired) electrons. The van der Waals surface area contributed by atoms with Crippen LogP contribution in [-0.2, 0) is 4.79 Å². The van der Waals surface area contributed by atoms with Crippen LogP contribution in [-0.4, -0.2) is 34.0 Å². The van der Waals surface area contributed by atoms with Gasteiger partial charge in [0.1, 0.15) is 11.9 Å². The zero-order chi connectivity index (χ0) is 14.2. The van der Waals surface area contributed by atoms with Crippen molar-refractivity contribution in [2.75, 3.05) is 0 Å². The smallest absolute Gasteiger partial charge is 0.326 e. The second kappa shape index (κ2) is 5.17. The molecule has 1 aromatic carbocycles. The number of rotatable bonds is 4. The lowest BCUT2D eigenvalue weighted by molar-refractivity contribution is -0.141. The zero-order valence-electron chi connectivity index (χ0n) is 10.3. The molecule has 0 saturated heterocycles. The molecule has 0 heterocycles. The van der Waals surface area contributed by atoms with Gasteiger partial charge in [-0.05, 0) is 38.0 Å². The summed E-state index contributed by atoms with van der Waals surface area (Å²) in [4.78, 5) is 24.6. The summed E-state index contributed by atoms with van der Waals surface area (Å²) >= 11 is 5.71. The fourth-order valence-corrected chi connectivity index (χ4v) is 2.18. The number of halogens is 2. The molecule has 1 aliphatic carbocycles. The van der Waals surface area contributed by atoms with Crippen molar-refractivity contribution < 1.29 is 19.1 Å². The van der Waals surface area contributed by atoms with Gasteiger partial charge in [-0.15, -0.1) is 0 Å². The normalized spacial score (nSPS) is 15.9. The molecule has 19 heavy (non-hydrogen) atoms. The SMILES string of the molecule is CC(C(=O)O)N(C(=O)c1cc(F)cc(Cl)c1)C1CC1. The molecular weight excluding hydrogens is 273 g/mol. The average Bonchev–Trinajstić information content (AvgIpc) is 3.12. The largest absolute Gasteiger partial charge is 0.480 e. The van der Waals surface area contributed by atoms with E-state index >= 15 is 0 Å². The fourth-order valence-electron chi connectivity index (χ4n) is 1.96. The van der Waals surface area contributed by atoms with E-state index in [1.165, 1.54) is 17.9 Å². The van der Waals surface area contributed by atoms with Gasteiger partial charge >= 0.3 is 5.97 Å². The summed E-state index contributed by atoms with van der Waals surface area (Å²) in [6.45, 7) is 1.44. The number of aliphatic carboxylic acids is 1. The Hall–Kier alpha value is -1.62. The molecule has 102 valence electrons. The first-order chi connectivity index (χ1) is 8.90. The summed E-state index contributed by atoms with van der Waals surface area (Å²) in [5.41, 5.74) is 0.0741. The van der Waals surface area contributed by atoms with E-state index in [9.17, 15) is 14.0 Å². The Morgan fingerprint density at radius 1 is 1.42 bits per heavy atom. The summed E-state index contributed by atoms with van der Waals surface area (Å²) in [5, 5.41) is 9.15. The number of nitrogens with zero attached hydrogens (tertiary/aromatic N) is 1. The van der Waals surface area contributed by atoms with Gasteiger partial charge in [0.2, 0.25) is 0 Å². The van der Waals surface area contributed by atoms with Gasteiger partial charge in [0.15, 0.2) is 0 Å². The third-order valence-electron chi connectivity index (χ3n) is 3.06. The van der Waals surface area contributed by atoms with Gasteiger partial charge in [0.05, 0.1) is 0 Å². The predicted molar refractivity (Wildman–Crippen MR) is 67.7 cm³/mol. The first kappa shape index (κ1) is 13.8. The number of carboxylic acid groups (broad SMARTS) is 1. The molecule has 2 rings (SSSR count). The molecule has 6 heteroatoms. The highest BCUT2D eigenvalue weighted by Crippen LogP contribution is 2.30. The molecule has 1 aromatic rings. The van der Waals surface area contributed by atoms with E-state index in [1.54, 1.807) is 0 Å². The lowest BCUT2D eigenvalue weighted by Gasteiger charge is -2.26. The van der Waals surface area contributed by atoms with Gasteiger partial charge in [0.25, 0.3) is 5.91 Å². The molecule has 0 aromatic heterocycles. The van der Waals surface area contributed by atoms with E-state index in [1.807, 2.05) is 0 Å². The van der Waals surface area contributed by atoms with Crippen molar-refractivity contribution in [2.45, 2.75) is 31.8 Å². The van der Waals surface area contributed by atoms with E-state index in [0.717, 1.165) is 25.0 Å². The van der Waals surface area contributed by atoms with E-state index < -0.39 is 23.7 Å². The molecular formula is C13H13ClFNO3. The summed E-state index contributed by atoms with van der Waals surface area (Å²) < 4.78 is 13.3. The van der Waals surface area contributed by atoms with Gasteiger partial charge in [-0.2, -0.15) is 0 Å². The number of benzene rings is 1. The van der Waals surface area contributed by atoms with Crippen LogP contribution in [0.25, 0.3) is 0 Å². The molecule has 1 fully saturated rings. The van der Waals surface area contributed by atoms with Crippen LogP contribution >= 0.6 is 11.6 Å². The van der Waals surface area contributed by atoms with E-state index in [0.29, 0.717) is 0 Å². The van der Waals surface area contributed by atoms with Gasteiger partial charge in [-0.25, -0.2) is 9.18 Å². The number of carbonyl (C=O) groups is 2. The van der Waals surface area contributed by atoms with Crippen molar-refractivity contribution >= 4 is 23.5 Å². The van der Waals surface area contributed by atoms with Crippen molar-refractivity contribution in [2.24, 2.45) is 0 Å². The maximum absolute atomic E-state index is 13.3. The highest BCUT2D eigenvalue weighted by atomic mass is 35.5. The van der Waals surface area contributed by atoms with Crippen molar-refractivity contribution in [3.8, 4) is 0 Å². The highest BCUT2D eigenvalue weighted by molar-refractivity contribution is 6.31. The summed E-state index contributed by atoms with van der Waals surface area (Å²) in [5.74, 6) is -2.20. The topological polar surface area (TPSA) is 57.6 Å². The van der Waals surface area contributed by atoms with Crippen LogP contribution < -0.4 is 0 Å². The number of carboxylic acids is 1. The maximum Gasteiger partial charge on any atom is 0.326 e. The Kier molecular flexibility index (Phi) is 3.75. The molecule has 1 unspecified atom stereocenters. The van der Waals surface area contributed by atoms with Crippen LogP contribution in [0, 0.1) is 5.82 Å². The minimum absolute atomic E-state index is 0.0741. The lowest BCUT2D eigenvalue weighted by Crippen LogP contribution is -2.44. The van der Waals surface area contributed by atoms with Crippen LogP contribution in [0.5, 0.6) is 0 Å². The molecule has 0 aliphatic heterocycles. The van der Waals surface area contributed by atoms with Crippen molar-refractivity contribution in [1.82, 2.24) is 4.90 Å². The number of amides is 1. The molecule has 4 nitrogen and oxygen atoms in total. The molecule has 1 N–H and O–H groups in total. The molecule has 1 aliphatic rings. The van der Waals surface area contributed by atoms with E-state index in [4.69, 9.17) is 16.7 Å². The fraction of sp³-hybridized carbons (Fsp3) is 0.385. The van der Waals surface area contributed by atoms with Crippen LogP contribution in [0.2, 0.25) is 5.02 Å². The summed E-state index contributed by atoms with van der Waals surface area (Å²) in [6, 6.07) is 2.48. The molecule has 1 saturated carbocycles. The van der Waals surface area contributed by atoms with Crippen molar-refractivity contribution in [3.05, 3.63) is 34.6 Å². The standard InChI is InChI=1S/C13H13ClFNO3/c1-7(13(18)19)16(11-2-3-11)12(17)8-4-9(14)6-10(15)5-8/h4-7,11H,2-3H2,1H3,(H,18,19). The van der Waals surface area contributed by atoms with Crippen LogP contribution in [0.3, 0.4) is 0 Å². The van der Waals surface area contributed by atoms with Crippen molar-refractivity contribution in [3.63, 3.8) is 0 Å². The van der Waals surface area contributed by atoms with E-state index in [-0.39, 0.29) is 16.6 Å². The molecule has 0 spiro atoms. The maximum atomic E-state index is 13.3. The quantitative estimate of drug-likeness (QED) is 0.925.